The number of amides is 2. The lowest BCUT2D eigenvalue weighted by molar-refractivity contribution is -0.146. The maximum absolute atomic E-state index is 12.1. The van der Waals surface area contributed by atoms with Crippen LogP contribution in [0.15, 0.2) is 30.3 Å². The summed E-state index contributed by atoms with van der Waals surface area (Å²) in [5.41, 5.74) is 6.36. The molecule has 1 fully saturated rings. The number of hydrazine groups is 2. The highest BCUT2D eigenvalue weighted by molar-refractivity contribution is 5.80. The first-order chi connectivity index (χ1) is 9.96. The minimum Gasteiger partial charge on any atom is -0.465 e. The molecule has 1 heterocycles. The molecule has 7 nitrogen and oxygen atoms in total. The lowest BCUT2D eigenvalue weighted by Gasteiger charge is -2.46. The van der Waals surface area contributed by atoms with Gasteiger partial charge in [0.2, 0.25) is 0 Å². The summed E-state index contributed by atoms with van der Waals surface area (Å²) in [6, 6.07) is 9.27. The Hall–Kier alpha value is -2.12. The van der Waals surface area contributed by atoms with Gasteiger partial charge < -0.3 is 4.74 Å². The van der Waals surface area contributed by atoms with Crippen molar-refractivity contribution in [2.75, 3.05) is 20.2 Å². The third-order valence-corrected chi connectivity index (χ3v) is 3.21. The van der Waals surface area contributed by atoms with E-state index >= 15 is 0 Å². The Balaban J connectivity index is 2.19. The van der Waals surface area contributed by atoms with Crippen LogP contribution in [0.5, 0.6) is 0 Å². The molecule has 2 rings (SSSR count). The Morgan fingerprint density at radius 2 is 1.95 bits per heavy atom. The van der Waals surface area contributed by atoms with Gasteiger partial charge in [0.25, 0.3) is 0 Å². The largest absolute Gasteiger partial charge is 0.465 e. The average molecular weight is 292 g/mol. The molecule has 21 heavy (non-hydrogen) atoms. The number of nitrogens with one attached hydrogen (secondary N) is 2. The molecular formula is C14H20N4O3. The van der Waals surface area contributed by atoms with Gasteiger partial charge >= 0.3 is 12.0 Å². The Morgan fingerprint density at radius 1 is 1.29 bits per heavy atom. The third kappa shape index (κ3) is 3.32. The van der Waals surface area contributed by atoms with E-state index in [1.54, 1.807) is 14.0 Å². The Kier molecular flexibility index (Phi) is 4.44. The predicted octanol–water partition coefficient (Wildman–Crippen LogP) is 0.799. The maximum atomic E-state index is 12.1. The van der Waals surface area contributed by atoms with E-state index < -0.39 is 11.6 Å². The van der Waals surface area contributed by atoms with E-state index in [9.17, 15) is 9.59 Å². The zero-order valence-corrected chi connectivity index (χ0v) is 12.4. The molecule has 0 bridgehead atoms. The second kappa shape index (κ2) is 6.11. The normalized spacial score (nSPS) is 22.3. The molecule has 1 atom stereocenters. The molecule has 2 amide bonds. The van der Waals surface area contributed by atoms with Crippen molar-refractivity contribution in [3.05, 3.63) is 35.9 Å². The van der Waals surface area contributed by atoms with E-state index in [0.29, 0.717) is 0 Å². The summed E-state index contributed by atoms with van der Waals surface area (Å²) in [4.78, 5) is 23.7. The fourth-order valence-corrected chi connectivity index (χ4v) is 2.25. The van der Waals surface area contributed by atoms with E-state index in [-0.39, 0.29) is 19.2 Å². The first-order valence-electron chi connectivity index (χ1n) is 6.78. The Labute approximate surface area is 123 Å². The number of benzene rings is 1. The van der Waals surface area contributed by atoms with Crippen LogP contribution in [0.4, 0.5) is 4.79 Å². The van der Waals surface area contributed by atoms with E-state index in [0.717, 1.165) is 5.56 Å². The highest BCUT2D eigenvalue weighted by Gasteiger charge is 2.39. The van der Waals surface area contributed by atoms with Gasteiger partial charge in [-0.2, -0.15) is 0 Å². The molecule has 1 aliphatic rings. The molecule has 2 N–H and O–H groups in total. The van der Waals surface area contributed by atoms with Crippen LogP contribution in [0.2, 0.25) is 0 Å². The molecule has 1 aromatic carbocycles. The SMILES string of the molecule is CCOC(=O)CN1NC(C)(c2ccccc2)NN(C)C1=O. The number of hydrogen-bond acceptors (Lipinski definition) is 5. The number of rotatable bonds is 4. The summed E-state index contributed by atoms with van der Waals surface area (Å²) in [7, 11) is 1.61. The van der Waals surface area contributed by atoms with Crippen LogP contribution >= 0.6 is 0 Å². The summed E-state index contributed by atoms with van der Waals surface area (Å²) in [6.45, 7) is 3.75. The maximum Gasteiger partial charge on any atom is 0.349 e. The van der Waals surface area contributed by atoms with Crippen molar-refractivity contribution >= 4 is 12.0 Å². The van der Waals surface area contributed by atoms with Crippen molar-refractivity contribution in [1.29, 1.82) is 0 Å². The first kappa shape index (κ1) is 15.3. The summed E-state index contributed by atoms with van der Waals surface area (Å²) in [5.74, 6) is -0.455. The molecule has 0 aromatic heterocycles. The van der Waals surface area contributed by atoms with Gasteiger partial charge in [-0.1, -0.05) is 30.3 Å². The van der Waals surface area contributed by atoms with Crippen molar-refractivity contribution in [3.63, 3.8) is 0 Å². The molecule has 0 radical (unpaired) electrons. The van der Waals surface area contributed by atoms with E-state index in [4.69, 9.17) is 4.74 Å². The van der Waals surface area contributed by atoms with Gasteiger partial charge in [0.05, 0.1) is 6.61 Å². The molecular weight excluding hydrogens is 272 g/mol. The smallest absolute Gasteiger partial charge is 0.349 e. The van der Waals surface area contributed by atoms with Gasteiger partial charge in [0, 0.05) is 7.05 Å². The van der Waals surface area contributed by atoms with E-state index in [2.05, 4.69) is 10.9 Å². The summed E-state index contributed by atoms with van der Waals surface area (Å²) < 4.78 is 4.89. The monoisotopic (exact) mass is 292 g/mol. The Morgan fingerprint density at radius 3 is 2.57 bits per heavy atom. The minimum atomic E-state index is -0.698. The lowest BCUT2D eigenvalue weighted by Crippen LogP contribution is -2.72. The van der Waals surface area contributed by atoms with Crippen LogP contribution in [-0.4, -0.2) is 42.2 Å². The second-order valence-corrected chi connectivity index (χ2v) is 4.95. The number of carbonyl (C=O) groups excluding carboxylic acids is 2. The summed E-state index contributed by atoms with van der Waals surface area (Å²) in [5, 5.41) is 2.60. The van der Waals surface area contributed by atoms with Crippen LogP contribution < -0.4 is 10.9 Å². The van der Waals surface area contributed by atoms with Crippen LogP contribution in [0.1, 0.15) is 19.4 Å². The zero-order chi connectivity index (χ0) is 15.5. The van der Waals surface area contributed by atoms with Gasteiger partial charge in [-0.05, 0) is 19.4 Å². The zero-order valence-electron chi connectivity index (χ0n) is 12.4. The van der Waals surface area contributed by atoms with Crippen molar-refractivity contribution in [2.24, 2.45) is 0 Å². The van der Waals surface area contributed by atoms with Crippen molar-refractivity contribution in [3.8, 4) is 0 Å². The van der Waals surface area contributed by atoms with E-state index in [1.165, 1.54) is 10.0 Å². The molecule has 0 saturated carbocycles. The number of nitrogens with zero attached hydrogens (tertiary/aromatic N) is 2. The number of carbonyl (C=O) groups is 2. The van der Waals surface area contributed by atoms with Crippen LogP contribution in [0, 0.1) is 0 Å². The van der Waals surface area contributed by atoms with Gasteiger partial charge in [-0.3, -0.25) is 9.80 Å². The van der Waals surface area contributed by atoms with Crippen LogP contribution in [0.3, 0.4) is 0 Å². The highest BCUT2D eigenvalue weighted by atomic mass is 16.5. The summed E-state index contributed by atoms with van der Waals surface area (Å²) in [6.07, 6.45) is 0. The minimum absolute atomic E-state index is 0.152. The molecule has 1 unspecified atom stereocenters. The lowest BCUT2D eigenvalue weighted by atomic mass is 10.0. The first-order valence-corrected chi connectivity index (χ1v) is 6.78. The van der Waals surface area contributed by atoms with Gasteiger partial charge in [0.15, 0.2) is 0 Å². The molecule has 1 aliphatic heterocycles. The molecule has 0 spiro atoms. The second-order valence-electron chi connectivity index (χ2n) is 4.95. The number of hydrogen-bond donors (Lipinski definition) is 2. The van der Waals surface area contributed by atoms with Gasteiger partial charge in [0.1, 0.15) is 12.2 Å². The highest BCUT2D eigenvalue weighted by Crippen LogP contribution is 2.21. The Bertz CT molecular complexity index is 522. The average Bonchev–Trinajstić information content (AvgIpc) is 2.45. The van der Waals surface area contributed by atoms with Gasteiger partial charge in [-0.15, -0.1) is 0 Å². The van der Waals surface area contributed by atoms with E-state index in [1.807, 2.05) is 37.3 Å². The quantitative estimate of drug-likeness (QED) is 0.803. The fourth-order valence-electron chi connectivity index (χ4n) is 2.25. The molecule has 7 heteroatoms. The molecule has 0 aliphatic carbocycles. The number of ether oxygens (including phenoxy) is 1. The van der Waals surface area contributed by atoms with Crippen molar-refractivity contribution < 1.29 is 14.3 Å². The van der Waals surface area contributed by atoms with Crippen molar-refractivity contribution in [1.82, 2.24) is 20.9 Å². The standard InChI is InChI=1S/C14H20N4O3/c1-4-21-12(19)10-18-13(20)17(3)15-14(2,16-18)11-8-6-5-7-9-11/h5-9,15-16H,4,10H2,1-3H3. The van der Waals surface area contributed by atoms with Crippen LogP contribution in [0.25, 0.3) is 0 Å². The topological polar surface area (TPSA) is 73.9 Å². The predicted molar refractivity (Wildman–Crippen MR) is 76.6 cm³/mol. The third-order valence-electron chi connectivity index (χ3n) is 3.21. The van der Waals surface area contributed by atoms with Gasteiger partial charge in [-0.25, -0.2) is 20.7 Å². The van der Waals surface area contributed by atoms with Crippen LogP contribution in [-0.2, 0) is 15.2 Å². The number of urea groups is 1. The molecule has 1 aromatic rings. The number of esters is 1. The molecule has 114 valence electrons. The molecule has 1 saturated heterocycles. The van der Waals surface area contributed by atoms with Crippen molar-refractivity contribution in [2.45, 2.75) is 19.5 Å². The fraction of sp³-hybridized carbons (Fsp3) is 0.429. The summed E-state index contributed by atoms with van der Waals surface area (Å²) >= 11 is 0.